The first kappa shape index (κ1) is 17.5. The number of pyridine rings is 1. The molecular formula is C21H22N2OS. The number of nitrogens with zero attached hydrogens (tertiary/aromatic N) is 1. The van der Waals surface area contributed by atoms with Crippen LogP contribution < -0.4 is 5.32 Å². The van der Waals surface area contributed by atoms with E-state index in [9.17, 15) is 4.79 Å². The molecule has 0 spiro atoms. The lowest BCUT2D eigenvalue weighted by Crippen LogP contribution is -2.30. The fraction of sp³-hybridized carbons (Fsp3) is 0.238. The van der Waals surface area contributed by atoms with Gasteiger partial charge in [-0.3, -0.25) is 4.79 Å². The predicted octanol–water partition coefficient (Wildman–Crippen LogP) is 4.65. The third kappa shape index (κ3) is 4.40. The zero-order valence-electron chi connectivity index (χ0n) is 14.7. The van der Waals surface area contributed by atoms with Gasteiger partial charge in [-0.05, 0) is 44.0 Å². The number of benzene rings is 2. The quantitative estimate of drug-likeness (QED) is 0.681. The van der Waals surface area contributed by atoms with Crippen molar-refractivity contribution in [1.29, 1.82) is 0 Å². The van der Waals surface area contributed by atoms with Crippen molar-refractivity contribution in [3.05, 3.63) is 71.3 Å². The maximum absolute atomic E-state index is 12.4. The summed E-state index contributed by atoms with van der Waals surface area (Å²) in [4.78, 5) is 17.0. The van der Waals surface area contributed by atoms with Crippen LogP contribution in [0.5, 0.6) is 0 Å². The molecule has 2 aromatic carbocycles. The minimum Gasteiger partial charge on any atom is -0.351 e. The van der Waals surface area contributed by atoms with Crippen molar-refractivity contribution in [1.82, 2.24) is 10.3 Å². The fourth-order valence-electron chi connectivity index (χ4n) is 2.65. The van der Waals surface area contributed by atoms with E-state index in [1.54, 1.807) is 0 Å². The zero-order valence-corrected chi connectivity index (χ0v) is 15.6. The lowest BCUT2D eigenvalue weighted by Gasteiger charge is -2.13. The van der Waals surface area contributed by atoms with Gasteiger partial charge in [-0.2, -0.15) is 0 Å². The van der Waals surface area contributed by atoms with Crippen LogP contribution in [0.1, 0.15) is 23.6 Å². The maximum atomic E-state index is 12.4. The summed E-state index contributed by atoms with van der Waals surface area (Å²) in [7, 11) is 0. The molecule has 3 nitrogen and oxygen atoms in total. The molecule has 0 radical (unpaired) electrons. The molecule has 3 aromatic rings. The van der Waals surface area contributed by atoms with Crippen LogP contribution in [0.2, 0.25) is 0 Å². The van der Waals surface area contributed by atoms with Crippen LogP contribution in [0.25, 0.3) is 10.9 Å². The number of aryl methyl sites for hydroxylation is 2. The van der Waals surface area contributed by atoms with Crippen molar-refractivity contribution in [2.24, 2.45) is 0 Å². The average Bonchev–Trinajstić information content (AvgIpc) is 2.61. The Hall–Kier alpha value is -2.33. The van der Waals surface area contributed by atoms with E-state index in [0.29, 0.717) is 6.54 Å². The summed E-state index contributed by atoms with van der Waals surface area (Å²) in [5.74, 6) is 0.0261. The average molecular weight is 350 g/mol. The van der Waals surface area contributed by atoms with Crippen LogP contribution in [0.3, 0.4) is 0 Å². The number of carbonyl (C=O) groups is 1. The zero-order chi connectivity index (χ0) is 17.8. The normalized spacial score (nSPS) is 12.1. The van der Waals surface area contributed by atoms with Crippen LogP contribution >= 0.6 is 11.8 Å². The fourth-order valence-corrected chi connectivity index (χ4v) is 3.60. The first-order chi connectivity index (χ1) is 12.0. The summed E-state index contributed by atoms with van der Waals surface area (Å²) in [5, 5.41) is 4.85. The molecular weight excluding hydrogens is 328 g/mol. The summed E-state index contributed by atoms with van der Waals surface area (Å²) >= 11 is 1.50. The molecule has 1 amide bonds. The highest BCUT2D eigenvalue weighted by atomic mass is 32.2. The molecule has 1 unspecified atom stereocenters. The minimum atomic E-state index is -0.196. The second-order valence-electron chi connectivity index (χ2n) is 6.26. The summed E-state index contributed by atoms with van der Waals surface area (Å²) in [6.45, 7) is 6.60. The van der Waals surface area contributed by atoms with Gasteiger partial charge in [0.25, 0.3) is 0 Å². The summed E-state index contributed by atoms with van der Waals surface area (Å²) < 4.78 is 0. The van der Waals surface area contributed by atoms with E-state index in [-0.39, 0.29) is 11.2 Å². The van der Waals surface area contributed by atoms with Crippen molar-refractivity contribution in [3.63, 3.8) is 0 Å². The number of para-hydroxylation sites is 1. The molecule has 0 bridgehead atoms. The topological polar surface area (TPSA) is 42.0 Å². The minimum absolute atomic E-state index is 0.0261. The molecule has 3 rings (SSSR count). The van der Waals surface area contributed by atoms with E-state index >= 15 is 0 Å². The van der Waals surface area contributed by atoms with Crippen LogP contribution in [0, 0.1) is 13.8 Å². The lowest BCUT2D eigenvalue weighted by molar-refractivity contribution is -0.120. The molecule has 1 atom stereocenters. The number of nitrogens with one attached hydrogen (secondary N) is 1. The molecule has 0 aliphatic carbocycles. The Morgan fingerprint density at radius 1 is 1.12 bits per heavy atom. The molecule has 1 N–H and O–H groups in total. The van der Waals surface area contributed by atoms with Crippen LogP contribution in [-0.2, 0) is 11.3 Å². The summed E-state index contributed by atoms with van der Waals surface area (Å²) in [6, 6.07) is 18.3. The molecule has 1 heterocycles. The van der Waals surface area contributed by atoms with Crippen LogP contribution in [0.4, 0.5) is 0 Å². The monoisotopic (exact) mass is 350 g/mol. The molecule has 25 heavy (non-hydrogen) atoms. The molecule has 1 aromatic heterocycles. The van der Waals surface area contributed by atoms with E-state index < -0.39 is 0 Å². The Kier molecular flexibility index (Phi) is 5.39. The highest BCUT2D eigenvalue weighted by molar-refractivity contribution is 8.00. The van der Waals surface area contributed by atoms with Gasteiger partial charge in [0.1, 0.15) is 0 Å². The van der Waals surface area contributed by atoms with Crippen LogP contribution in [0.15, 0.2) is 59.6 Å². The maximum Gasteiger partial charge on any atom is 0.233 e. The highest BCUT2D eigenvalue weighted by Gasteiger charge is 2.15. The number of thioether (sulfide) groups is 1. The molecule has 0 saturated heterocycles. The van der Waals surface area contributed by atoms with Gasteiger partial charge in [0, 0.05) is 11.9 Å². The van der Waals surface area contributed by atoms with E-state index in [1.165, 1.54) is 22.9 Å². The predicted molar refractivity (Wildman–Crippen MR) is 105 cm³/mol. The Morgan fingerprint density at radius 3 is 2.60 bits per heavy atom. The number of rotatable bonds is 5. The van der Waals surface area contributed by atoms with Gasteiger partial charge < -0.3 is 5.32 Å². The van der Waals surface area contributed by atoms with Gasteiger partial charge in [0.15, 0.2) is 0 Å². The van der Waals surface area contributed by atoms with Gasteiger partial charge in [0.05, 0.1) is 15.8 Å². The third-order valence-electron chi connectivity index (χ3n) is 4.15. The first-order valence-electron chi connectivity index (χ1n) is 8.39. The van der Waals surface area contributed by atoms with Crippen molar-refractivity contribution < 1.29 is 4.79 Å². The SMILES string of the molecule is Cc1ccc(CNC(=O)C(C)Sc2cc(C)c3ccccc3n2)cc1. The Labute approximate surface area is 152 Å². The third-order valence-corrected chi connectivity index (χ3v) is 5.17. The largest absolute Gasteiger partial charge is 0.351 e. The first-order valence-corrected chi connectivity index (χ1v) is 9.27. The second kappa shape index (κ2) is 7.70. The number of amides is 1. The van der Waals surface area contributed by atoms with Crippen molar-refractivity contribution in [2.45, 2.75) is 37.6 Å². The van der Waals surface area contributed by atoms with Gasteiger partial charge in [-0.25, -0.2) is 4.98 Å². The van der Waals surface area contributed by atoms with Crippen molar-refractivity contribution >= 4 is 28.6 Å². The summed E-state index contributed by atoms with van der Waals surface area (Å²) in [6.07, 6.45) is 0. The standard InChI is InChI=1S/C21H22N2OS/c1-14-8-10-17(11-9-14)13-22-21(24)16(3)25-20-12-15(2)18-6-4-5-7-19(18)23-20/h4-12,16H,13H2,1-3H3,(H,22,24). The van der Waals surface area contributed by atoms with Gasteiger partial charge in [0.2, 0.25) is 5.91 Å². The number of hydrogen-bond acceptors (Lipinski definition) is 3. The van der Waals surface area contributed by atoms with Crippen LogP contribution in [-0.4, -0.2) is 16.1 Å². The number of carbonyl (C=O) groups excluding carboxylic acids is 1. The Bertz CT molecular complexity index is 890. The Morgan fingerprint density at radius 2 is 1.84 bits per heavy atom. The molecule has 0 aliphatic rings. The molecule has 0 aliphatic heterocycles. The van der Waals surface area contributed by atoms with Gasteiger partial charge >= 0.3 is 0 Å². The van der Waals surface area contributed by atoms with E-state index in [1.807, 2.05) is 37.3 Å². The van der Waals surface area contributed by atoms with E-state index in [4.69, 9.17) is 0 Å². The smallest absolute Gasteiger partial charge is 0.233 e. The van der Waals surface area contributed by atoms with Crippen molar-refractivity contribution in [2.75, 3.05) is 0 Å². The Balaban J connectivity index is 1.64. The molecule has 128 valence electrons. The second-order valence-corrected chi connectivity index (χ2v) is 7.62. The van der Waals surface area contributed by atoms with E-state index in [2.05, 4.69) is 48.4 Å². The van der Waals surface area contributed by atoms with Crippen molar-refractivity contribution in [3.8, 4) is 0 Å². The number of fused-ring (bicyclic) bond motifs is 1. The van der Waals surface area contributed by atoms with E-state index in [0.717, 1.165) is 21.5 Å². The molecule has 4 heteroatoms. The van der Waals surface area contributed by atoms with Gasteiger partial charge in [-0.1, -0.05) is 59.8 Å². The number of aromatic nitrogens is 1. The number of hydrogen-bond donors (Lipinski definition) is 1. The van der Waals surface area contributed by atoms with Gasteiger partial charge in [-0.15, -0.1) is 0 Å². The molecule has 0 fully saturated rings. The lowest BCUT2D eigenvalue weighted by atomic mass is 10.1. The highest BCUT2D eigenvalue weighted by Crippen LogP contribution is 2.26. The summed E-state index contributed by atoms with van der Waals surface area (Å²) in [5.41, 5.74) is 4.48. The molecule has 0 saturated carbocycles.